The fraction of sp³-hybridized carbons (Fsp3) is 0.0667. The zero-order valence-corrected chi connectivity index (χ0v) is 12.7. The van der Waals surface area contributed by atoms with E-state index in [9.17, 15) is 4.79 Å². The Morgan fingerprint density at radius 2 is 2.14 bits per heavy atom. The molecule has 3 rings (SSSR count). The van der Waals surface area contributed by atoms with Crippen molar-refractivity contribution in [1.29, 1.82) is 0 Å². The topological polar surface area (TPSA) is 51.2 Å². The average molecular weight is 319 g/mol. The number of hydrogen-bond donors (Lipinski definition) is 1. The number of rotatable bonds is 3. The van der Waals surface area contributed by atoms with E-state index in [2.05, 4.69) is 10.3 Å². The SMILES string of the molecule is COc1ccc(Cl)cc1NC(=O)c1ccc2ncsc2c1. The highest BCUT2D eigenvalue weighted by atomic mass is 35.5. The van der Waals surface area contributed by atoms with Crippen LogP contribution in [0.15, 0.2) is 41.9 Å². The number of nitrogens with zero attached hydrogens (tertiary/aromatic N) is 1. The average Bonchev–Trinajstić information content (AvgIpc) is 2.94. The Kier molecular flexibility index (Phi) is 3.77. The number of aromatic nitrogens is 1. The molecule has 4 nitrogen and oxygen atoms in total. The summed E-state index contributed by atoms with van der Waals surface area (Å²) in [5.41, 5.74) is 3.75. The van der Waals surface area contributed by atoms with Gasteiger partial charge in [-0.1, -0.05) is 11.6 Å². The van der Waals surface area contributed by atoms with Crippen LogP contribution in [-0.4, -0.2) is 18.0 Å². The molecule has 2 aromatic carbocycles. The summed E-state index contributed by atoms with van der Waals surface area (Å²) in [5, 5.41) is 3.34. The second kappa shape index (κ2) is 5.71. The predicted molar refractivity (Wildman–Crippen MR) is 85.6 cm³/mol. The van der Waals surface area contributed by atoms with Crippen LogP contribution in [0, 0.1) is 0 Å². The van der Waals surface area contributed by atoms with E-state index in [0.29, 0.717) is 22.0 Å². The molecule has 1 heterocycles. The summed E-state index contributed by atoms with van der Waals surface area (Å²) in [6.07, 6.45) is 0. The Morgan fingerprint density at radius 1 is 1.29 bits per heavy atom. The van der Waals surface area contributed by atoms with Crippen LogP contribution in [0.1, 0.15) is 10.4 Å². The van der Waals surface area contributed by atoms with Crippen molar-refractivity contribution in [2.24, 2.45) is 0 Å². The molecule has 0 saturated carbocycles. The van der Waals surface area contributed by atoms with Crippen molar-refractivity contribution in [3.63, 3.8) is 0 Å². The van der Waals surface area contributed by atoms with Gasteiger partial charge in [0.1, 0.15) is 5.75 Å². The molecule has 0 aliphatic rings. The Hall–Kier alpha value is -2.11. The lowest BCUT2D eigenvalue weighted by Gasteiger charge is -2.10. The molecular formula is C15H11ClN2O2S. The van der Waals surface area contributed by atoms with Gasteiger partial charge in [0, 0.05) is 10.6 Å². The molecule has 0 unspecified atom stereocenters. The number of hydrogen-bond acceptors (Lipinski definition) is 4. The number of anilines is 1. The van der Waals surface area contributed by atoms with Crippen molar-refractivity contribution < 1.29 is 9.53 Å². The fourth-order valence-corrected chi connectivity index (χ4v) is 2.86. The van der Waals surface area contributed by atoms with E-state index >= 15 is 0 Å². The Balaban J connectivity index is 1.90. The molecule has 0 aliphatic carbocycles. The molecule has 106 valence electrons. The molecule has 1 aromatic heterocycles. The minimum atomic E-state index is -0.217. The van der Waals surface area contributed by atoms with Gasteiger partial charge in [0.25, 0.3) is 5.91 Å². The fourth-order valence-electron chi connectivity index (χ4n) is 1.97. The van der Waals surface area contributed by atoms with E-state index in [4.69, 9.17) is 16.3 Å². The lowest BCUT2D eigenvalue weighted by molar-refractivity contribution is 0.102. The van der Waals surface area contributed by atoms with Crippen molar-refractivity contribution in [3.05, 3.63) is 52.5 Å². The van der Waals surface area contributed by atoms with Gasteiger partial charge in [-0.3, -0.25) is 4.79 Å². The highest BCUT2D eigenvalue weighted by Gasteiger charge is 2.11. The molecule has 0 saturated heterocycles. The third-order valence-electron chi connectivity index (χ3n) is 3.00. The molecule has 0 radical (unpaired) electrons. The Bertz CT molecular complexity index is 816. The minimum absolute atomic E-state index is 0.217. The number of thiazole rings is 1. The number of ether oxygens (including phenoxy) is 1. The first kappa shape index (κ1) is 13.9. The minimum Gasteiger partial charge on any atom is -0.495 e. The van der Waals surface area contributed by atoms with Crippen molar-refractivity contribution in [2.75, 3.05) is 12.4 Å². The number of amides is 1. The highest BCUT2D eigenvalue weighted by Crippen LogP contribution is 2.28. The van der Waals surface area contributed by atoms with Crippen LogP contribution in [0.2, 0.25) is 5.02 Å². The number of carbonyl (C=O) groups excluding carboxylic acids is 1. The molecule has 0 bridgehead atoms. The maximum atomic E-state index is 12.3. The molecule has 3 aromatic rings. The van der Waals surface area contributed by atoms with Crippen LogP contribution in [0.4, 0.5) is 5.69 Å². The number of benzene rings is 2. The van der Waals surface area contributed by atoms with Gasteiger partial charge in [0.2, 0.25) is 0 Å². The summed E-state index contributed by atoms with van der Waals surface area (Å²) in [7, 11) is 1.54. The van der Waals surface area contributed by atoms with Gasteiger partial charge in [-0.05, 0) is 36.4 Å². The molecule has 6 heteroatoms. The third-order valence-corrected chi connectivity index (χ3v) is 4.03. The Labute approximate surface area is 130 Å². The van der Waals surface area contributed by atoms with Crippen molar-refractivity contribution in [2.45, 2.75) is 0 Å². The first-order valence-electron chi connectivity index (χ1n) is 6.15. The molecule has 1 amide bonds. The molecule has 0 aliphatic heterocycles. The van der Waals surface area contributed by atoms with Gasteiger partial charge in [0.05, 0.1) is 28.5 Å². The van der Waals surface area contributed by atoms with E-state index in [1.807, 2.05) is 12.1 Å². The predicted octanol–water partition coefficient (Wildman–Crippen LogP) is 4.21. The number of halogens is 1. The van der Waals surface area contributed by atoms with Crippen LogP contribution < -0.4 is 10.1 Å². The Morgan fingerprint density at radius 3 is 2.95 bits per heavy atom. The molecule has 1 N–H and O–H groups in total. The summed E-state index contributed by atoms with van der Waals surface area (Å²) in [5.74, 6) is 0.345. The second-order valence-corrected chi connectivity index (χ2v) is 5.66. The van der Waals surface area contributed by atoms with Crippen LogP contribution in [0.25, 0.3) is 10.2 Å². The normalized spacial score (nSPS) is 10.6. The van der Waals surface area contributed by atoms with Gasteiger partial charge in [-0.2, -0.15) is 0 Å². The number of carbonyl (C=O) groups is 1. The van der Waals surface area contributed by atoms with E-state index < -0.39 is 0 Å². The maximum absolute atomic E-state index is 12.3. The quantitative estimate of drug-likeness (QED) is 0.787. The second-order valence-electron chi connectivity index (χ2n) is 4.33. The summed E-state index contributed by atoms with van der Waals surface area (Å²) >= 11 is 7.45. The standard InChI is InChI=1S/C15H11ClN2O2S/c1-20-13-5-3-10(16)7-12(13)18-15(19)9-2-4-11-14(6-9)21-8-17-11/h2-8H,1H3,(H,18,19). The molecular weight excluding hydrogens is 308 g/mol. The van der Waals surface area contributed by atoms with E-state index in [0.717, 1.165) is 10.2 Å². The summed E-state index contributed by atoms with van der Waals surface area (Å²) in [4.78, 5) is 16.5. The van der Waals surface area contributed by atoms with Gasteiger partial charge < -0.3 is 10.1 Å². The molecule has 0 atom stereocenters. The molecule has 0 fully saturated rings. The number of fused-ring (bicyclic) bond motifs is 1. The third kappa shape index (κ3) is 2.84. The summed E-state index contributed by atoms with van der Waals surface area (Å²) in [6.45, 7) is 0. The highest BCUT2D eigenvalue weighted by molar-refractivity contribution is 7.16. The van der Waals surface area contributed by atoms with E-state index in [1.165, 1.54) is 11.3 Å². The number of methoxy groups -OCH3 is 1. The van der Waals surface area contributed by atoms with E-state index in [-0.39, 0.29) is 5.91 Å². The van der Waals surface area contributed by atoms with Crippen LogP contribution in [-0.2, 0) is 0 Å². The van der Waals surface area contributed by atoms with Gasteiger partial charge in [-0.15, -0.1) is 11.3 Å². The van der Waals surface area contributed by atoms with Crippen LogP contribution >= 0.6 is 22.9 Å². The van der Waals surface area contributed by atoms with Crippen molar-refractivity contribution in [3.8, 4) is 5.75 Å². The first-order chi connectivity index (χ1) is 10.2. The monoisotopic (exact) mass is 318 g/mol. The first-order valence-corrected chi connectivity index (χ1v) is 7.41. The van der Waals surface area contributed by atoms with Gasteiger partial charge >= 0.3 is 0 Å². The summed E-state index contributed by atoms with van der Waals surface area (Å²) in [6, 6.07) is 10.5. The zero-order chi connectivity index (χ0) is 14.8. The van der Waals surface area contributed by atoms with Crippen molar-refractivity contribution in [1.82, 2.24) is 4.98 Å². The van der Waals surface area contributed by atoms with Gasteiger partial charge in [-0.25, -0.2) is 4.98 Å². The maximum Gasteiger partial charge on any atom is 0.255 e. The summed E-state index contributed by atoms with van der Waals surface area (Å²) < 4.78 is 6.19. The smallest absolute Gasteiger partial charge is 0.255 e. The van der Waals surface area contributed by atoms with E-state index in [1.54, 1.807) is 36.9 Å². The lowest BCUT2D eigenvalue weighted by Crippen LogP contribution is -2.12. The molecule has 21 heavy (non-hydrogen) atoms. The van der Waals surface area contributed by atoms with Gasteiger partial charge in [0.15, 0.2) is 0 Å². The largest absolute Gasteiger partial charge is 0.495 e. The number of nitrogens with one attached hydrogen (secondary N) is 1. The van der Waals surface area contributed by atoms with Crippen molar-refractivity contribution >= 4 is 44.7 Å². The zero-order valence-electron chi connectivity index (χ0n) is 11.1. The van der Waals surface area contributed by atoms with Crippen LogP contribution in [0.3, 0.4) is 0 Å². The van der Waals surface area contributed by atoms with Crippen LogP contribution in [0.5, 0.6) is 5.75 Å². The lowest BCUT2D eigenvalue weighted by atomic mass is 10.2. The molecule has 0 spiro atoms.